The first-order chi connectivity index (χ1) is 17.8. The Bertz CT molecular complexity index is 1480. The van der Waals surface area contributed by atoms with Gasteiger partial charge in [0.05, 0.1) is 46.1 Å². The highest BCUT2D eigenvalue weighted by Gasteiger charge is 2.39. The van der Waals surface area contributed by atoms with Gasteiger partial charge >= 0.3 is 5.97 Å². The topological polar surface area (TPSA) is 123 Å². The van der Waals surface area contributed by atoms with Crippen LogP contribution in [0, 0.1) is 5.92 Å². The predicted octanol–water partition coefficient (Wildman–Crippen LogP) is 4.29. The lowest BCUT2D eigenvalue weighted by Gasteiger charge is -2.18. The van der Waals surface area contributed by atoms with Crippen molar-refractivity contribution in [3.8, 4) is 17.2 Å². The van der Waals surface area contributed by atoms with Gasteiger partial charge < -0.3 is 38.4 Å². The number of fused-ring (bicyclic) bond motifs is 3. The van der Waals surface area contributed by atoms with Crippen molar-refractivity contribution in [2.45, 2.75) is 6.42 Å². The number of ether oxygens (including phenoxy) is 4. The molecule has 5 rings (SSSR count). The number of nitrogens with zero attached hydrogens (tertiary/aromatic N) is 1. The van der Waals surface area contributed by atoms with Crippen molar-refractivity contribution in [1.82, 2.24) is 9.88 Å². The number of furan rings is 1. The van der Waals surface area contributed by atoms with Gasteiger partial charge in [-0.25, -0.2) is 4.79 Å². The van der Waals surface area contributed by atoms with E-state index in [9.17, 15) is 14.7 Å². The first-order valence-corrected chi connectivity index (χ1v) is 11.9. The van der Waals surface area contributed by atoms with E-state index in [-0.39, 0.29) is 42.2 Å². The molecule has 0 bridgehead atoms. The maximum atomic E-state index is 13.8. The molecule has 1 aromatic carbocycles. The van der Waals surface area contributed by atoms with Crippen molar-refractivity contribution in [3.05, 3.63) is 58.5 Å². The van der Waals surface area contributed by atoms with Gasteiger partial charge in [-0.15, -0.1) is 11.6 Å². The lowest BCUT2D eigenvalue weighted by molar-refractivity contribution is 0.0562. The highest BCUT2D eigenvalue weighted by atomic mass is 35.5. The van der Waals surface area contributed by atoms with Gasteiger partial charge in [-0.2, -0.15) is 0 Å². The van der Waals surface area contributed by atoms with Crippen molar-refractivity contribution in [2.75, 3.05) is 40.9 Å². The zero-order chi connectivity index (χ0) is 26.4. The van der Waals surface area contributed by atoms with E-state index in [1.807, 2.05) is 0 Å². The van der Waals surface area contributed by atoms with Crippen LogP contribution < -0.4 is 14.2 Å². The number of benzene rings is 1. The molecule has 2 aromatic heterocycles. The Hall–Kier alpha value is -4.05. The standard InChI is InChI=1S/C26H25ClN2O8/c1-33-19-6-12-5-16(28-22(12)24(35-3)23(19)34-2)25(31)29-11-13(10-27)21-15-9-20(26(32)36-4)37-18(15)8-14(30)7-17(21)29/h5-7,9,13,28,30H,8,10-11H2,1-4H3. The predicted molar refractivity (Wildman–Crippen MR) is 135 cm³/mol. The quantitative estimate of drug-likeness (QED) is 0.359. The molecular weight excluding hydrogens is 504 g/mol. The first-order valence-electron chi connectivity index (χ1n) is 11.4. The molecule has 1 unspecified atom stereocenters. The number of hydrogen-bond donors (Lipinski definition) is 2. The van der Waals surface area contributed by atoms with Crippen LogP contribution in [0.3, 0.4) is 0 Å². The summed E-state index contributed by atoms with van der Waals surface area (Å²) in [6, 6.07) is 5.03. The summed E-state index contributed by atoms with van der Waals surface area (Å²) in [5.74, 6) is 0.648. The van der Waals surface area contributed by atoms with Gasteiger partial charge in [-0.1, -0.05) is 0 Å². The molecule has 3 heterocycles. The third-order valence-electron chi connectivity index (χ3n) is 6.59. The number of aliphatic hydroxyl groups is 1. The van der Waals surface area contributed by atoms with E-state index in [0.29, 0.717) is 50.9 Å². The Morgan fingerprint density at radius 3 is 2.54 bits per heavy atom. The lowest BCUT2D eigenvalue weighted by Crippen LogP contribution is -2.29. The molecule has 11 heteroatoms. The third-order valence-corrected chi connectivity index (χ3v) is 6.96. The number of aromatic amines is 1. The fourth-order valence-corrected chi connectivity index (χ4v) is 5.22. The van der Waals surface area contributed by atoms with E-state index in [0.717, 1.165) is 5.57 Å². The number of esters is 1. The second-order valence-electron chi connectivity index (χ2n) is 8.61. The summed E-state index contributed by atoms with van der Waals surface area (Å²) in [7, 11) is 5.79. The Kier molecular flexibility index (Phi) is 6.28. The minimum atomic E-state index is -0.634. The van der Waals surface area contributed by atoms with Crippen LogP contribution in [-0.4, -0.2) is 67.7 Å². The summed E-state index contributed by atoms with van der Waals surface area (Å²) >= 11 is 6.34. The number of carbonyl (C=O) groups excluding carboxylic acids is 2. The number of aliphatic hydroxyl groups excluding tert-OH is 1. The zero-order valence-electron chi connectivity index (χ0n) is 20.6. The molecule has 0 fully saturated rings. The monoisotopic (exact) mass is 528 g/mol. The van der Waals surface area contributed by atoms with Gasteiger partial charge in [-0.05, 0) is 23.8 Å². The summed E-state index contributed by atoms with van der Waals surface area (Å²) in [6.45, 7) is 0.272. The van der Waals surface area contributed by atoms with Gasteiger partial charge in [0.1, 0.15) is 17.2 Å². The number of methoxy groups -OCH3 is 4. The number of halogens is 1. The fraction of sp³-hybridized carbons (Fsp3) is 0.308. The molecule has 10 nitrogen and oxygen atoms in total. The highest BCUT2D eigenvalue weighted by Crippen LogP contribution is 2.45. The van der Waals surface area contributed by atoms with Crippen LogP contribution in [0.1, 0.15) is 32.4 Å². The minimum Gasteiger partial charge on any atom is -0.512 e. The van der Waals surface area contributed by atoms with E-state index >= 15 is 0 Å². The molecule has 1 amide bonds. The number of rotatable bonds is 6. The Balaban J connectivity index is 1.62. The number of aromatic nitrogens is 1. The fourth-order valence-electron chi connectivity index (χ4n) is 4.96. The Morgan fingerprint density at radius 2 is 1.89 bits per heavy atom. The molecule has 0 radical (unpaired) electrons. The smallest absolute Gasteiger partial charge is 0.373 e. The van der Waals surface area contributed by atoms with Crippen LogP contribution in [0.2, 0.25) is 0 Å². The average molecular weight is 529 g/mol. The van der Waals surface area contributed by atoms with Crippen molar-refractivity contribution >= 4 is 40.0 Å². The van der Waals surface area contributed by atoms with Crippen LogP contribution in [0.4, 0.5) is 0 Å². The minimum absolute atomic E-state index is 0.0118. The number of nitrogens with one attached hydrogen (secondary N) is 1. The van der Waals surface area contributed by atoms with Crippen molar-refractivity contribution in [1.29, 1.82) is 0 Å². The molecule has 0 saturated heterocycles. The third kappa shape index (κ3) is 3.88. The molecule has 0 spiro atoms. The lowest BCUT2D eigenvalue weighted by atomic mass is 9.95. The Morgan fingerprint density at radius 1 is 1.14 bits per heavy atom. The summed E-state index contributed by atoms with van der Waals surface area (Å²) in [4.78, 5) is 30.6. The van der Waals surface area contributed by atoms with Crippen molar-refractivity contribution < 1.29 is 38.1 Å². The number of H-pyrrole nitrogens is 1. The van der Waals surface area contributed by atoms with Crippen LogP contribution in [-0.2, 0) is 11.2 Å². The van der Waals surface area contributed by atoms with Crippen molar-refractivity contribution in [2.24, 2.45) is 5.92 Å². The first kappa shape index (κ1) is 24.6. The van der Waals surface area contributed by atoms with Crippen LogP contribution in [0.15, 0.2) is 40.1 Å². The van der Waals surface area contributed by atoms with Gasteiger partial charge in [-0.3, -0.25) is 4.79 Å². The number of allylic oxidation sites excluding steroid dienone is 2. The van der Waals surface area contributed by atoms with E-state index in [4.69, 9.17) is 35.0 Å². The number of hydrogen-bond acceptors (Lipinski definition) is 8. The SMILES string of the molecule is COC(=O)c1cc2c(o1)CC(O)=CC1=C2C(CCl)CN1C(=O)c1cc2cc(OC)c(OC)c(OC)c2[nH]1. The maximum Gasteiger partial charge on any atom is 0.373 e. The Labute approximate surface area is 217 Å². The van der Waals surface area contributed by atoms with E-state index in [1.165, 1.54) is 28.4 Å². The molecule has 194 valence electrons. The molecule has 1 atom stereocenters. The van der Waals surface area contributed by atoms with Crippen molar-refractivity contribution in [3.63, 3.8) is 0 Å². The second-order valence-corrected chi connectivity index (χ2v) is 8.92. The summed E-state index contributed by atoms with van der Waals surface area (Å²) in [5, 5.41) is 11.3. The molecule has 37 heavy (non-hydrogen) atoms. The van der Waals surface area contributed by atoms with E-state index in [2.05, 4.69) is 4.98 Å². The average Bonchev–Trinajstić information content (AvgIpc) is 3.59. The number of carbonyl (C=O) groups is 2. The molecule has 3 aromatic rings. The number of alkyl halides is 1. The molecule has 0 saturated carbocycles. The van der Waals surface area contributed by atoms with Gasteiger partial charge in [0.25, 0.3) is 5.91 Å². The van der Waals surface area contributed by atoms with Gasteiger partial charge in [0.15, 0.2) is 11.5 Å². The normalized spacial score (nSPS) is 16.7. The highest BCUT2D eigenvalue weighted by molar-refractivity contribution is 6.19. The number of amides is 1. The van der Waals surface area contributed by atoms with E-state index in [1.54, 1.807) is 29.2 Å². The molecule has 1 aliphatic heterocycles. The van der Waals surface area contributed by atoms with Crippen LogP contribution >= 0.6 is 11.6 Å². The molecule has 1 aliphatic carbocycles. The molecule has 2 N–H and O–H groups in total. The summed E-state index contributed by atoms with van der Waals surface area (Å²) < 4.78 is 26.9. The van der Waals surface area contributed by atoms with Crippen LogP contribution in [0.5, 0.6) is 17.2 Å². The molecule has 2 aliphatic rings. The maximum absolute atomic E-state index is 13.8. The summed E-state index contributed by atoms with van der Waals surface area (Å²) in [5.41, 5.74) is 2.70. The largest absolute Gasteiger partial charge is 0.512 e. The van der Waals surface area contributed by atoms with Gasteiger partial charge in [0.2, 0.25) is 11.5 Å². The summed E-state index contributed by atoms with van der Waals surface area (Å²) in [6.07, 6.45) is 1.60. The molecular formula is C26H25ClN2O8. The zero-order valence-corrected chi connectivity index (χ0v) is 21.4. The second kappa shape index (κ2) is 9.44. The van der Waals surface area contributed by atoms with Crippen LogP contribution in [0.25, 0.3) is 16.5 Å². The van der Waals surface area contributed by atoms with E-state index < -0.39 is 5.97 Å². The van der Waals surface area contributed by atoms with Gasteiger partial charge in [0, 0.05) is 35.4 Å².